The third kappa shape index (κ3) is 4.32. The highest BCUT2D eigenvalue weighted by Crippen LogP contribution is 2.21. The molecule has 28 heavy (non-hydrogen) atoms. The van der Waals surface area contributed by atoms with Crippen LogP contribution in [-0.4, -0.2) is 43.5 Å². The van der Waals surface area contributed by atoms with E-state index in [0.29, 0.717) is 16.0 Å². The van der Waals surface area contributed by atoms with Crippen molar-refractivity contribution in [1.82, 2.24) is 15.1 Å². The highest BCUT2D eigenvalue weighted by atomic mass is 32.2. The van der Waals surface area contributed by atoms with E-state index in [4.69, 9.17) is 17.4 Å². The summed E-state index contributed by atoms with van der Waals surface area (Å²) < 4.78 is 11.3. The van der Waals surface area contributed by atoms with Crippen LogP contribution in [0, 0.1) is 0 Å². The number of benzene rings is 2. The lowest BCUT2D eigenvalue weighted by atomic mass is 10.1. The van der Waals surface area contributed by atoms with Gasteiger partial charge < -0.3 is 15.5 Å². The lowest BCUT2D eigenvalue weighted by molar-refractivity contribution is 0.325. The summed E-state index contributed by atoms with van der Waals surface area (Å²) in [5.74, 6) is 0. The van der Waals surface area contributed by atoms with Crippen LogP contribution < -0.4 is 15.8 Å². The number of hydrogen-bond acceptors (Lipinski definition) is 4. The van der Waals surface area contributed by atoms with E-state index in [2.05, 4.69) is 37.9 Å². The predicted octanol–water partition coefficient (Wildman–Crippen LogP) is 2.82. The maximum Gasteiger partial charge on any atom is 0.173 e. The normalized spacial score (nSPS) is 18.0. The van der Waals surface area contributed by atoms with Gasteiger partial charge in [-0.05, 0) is 67.5 Å². The van der Waals surface area contributed by atoms with Crippen molar-refractivity contribution >= 4 is 50.6 Å². The van der Waals surface area contributed by atoms with Crippen molar-refractivity contribution in [2.24, 2.45) is 5.14 Å². The molecule has 1 aromatic heterocycles. The van der Waals surface area contributed by atoms with Crippen molar-refractivity contribution in [1.29, 1.82) is 0 Å². The first kappa shape index (κ1) is 18.9. The zero-order valence-corrected chi connectivity index (χ0v) is 16.9. The number of piperidine rings is 1. The van der Waals surface area contributed by atoms with Gasteiger partial charge in [0.2, 0.25) is 0 Å². The molecule has 7 nitrogen and oxygen atoms in total. The second-order valence-corrected chi connectivity index (χ2v) is 8.31. The van der Waals surface area contributed by atoms with Crippen molar-refractivity contribution in [2.75, 3.05) is 23.7 Å². The Labute approximate surface area is 171 Å². The Morgan fingerprint density at radius 2 is 2.04 bits per heavy atom. The molecule has 5 N–H and O–H groups in total. The Morgan fingerprint density at radius 3 is 2.82 bits per heavy atom. The Bertz CT molecular complexity index is 1000. The molecular formula is C19H22N6OS2. The van der Waals surface area contributed by atoms with Crippen LogP contribution in [0.5, 0.6) is 0 Å². The number of nitrogens with two attached hydrogens (primary N) is 1. The summed E-state index contributed by atoms with van der Waals surface area (Å²) in [6.45, 7) is 1.76. The number of likely N-dealkylation sites (tertiary alicyclic amines) is 1. The molecule has 2 unspecified atom stereocenters. The lowest BCUT2D eigenvalue weighted by Crippen LogP contribution is -2.46. The van der Waals surface area contributed by atoms with Gasteiger partial charge in [-0.2, -0.15) is 5.10 Å². The Balaban J connectivity index is 1.37. The number of nitrogens with zero attached hydrogens (tertiary/aromatic N) is 2. The zero-order valence-electron chi connectivity index (χ0n) is 15.2. The fourth-order valence-electron chi connectivity index (χ4n) is 3.42. The van der Waals surface area contributed by atoms with Crippen LogP contribution in [0.4, 0.5) is 11.4 Å². The second-order valence-electron chi connectivity index (χ2n) is 6.85. The van der Waals surface area contributed by atoms with Crippen molar-refractivity contribution in [2.45, 2.75) is 23.8 Å². The first-order valence-corrected chi connectivity index (χ1v) is 10.7. The summed E-state index contributed by atoms with van der Waals surface area (Å²) in [4.78, 5) is 2.77. The molecule has 0 saturated carbocycles. The molecule has 1 fully saturated rings. The van der Waals surface area contributed by atoms with Crippen LogP contribution >= 0.6 is 12.2 Å². The number of anilines is 2. The van der Waals surface area contributed by atoms with Crippen LogP contribution in [0.25, 0.3) is 10.9 Å². The van der Waals surface area contributed by atoms with Gasteiger partial charge in [-0.25, -0.2) is 9.35 Å². The third-order valence-corrected chi connectivity index (χ3v) is 5.95. The molecule has 2 atom stereocenters. The van der Waals surface area contributed by atoms with E-state index in [9.17, 15) is 4.21 Å². The Morgan fingerprint density at radius 1 is 1.25 bits per heavy atom. The number of aromatic nitrogens is 2. The summed E-state index contributed by atoms with van der Waals surface area (Å²) in [7, 11) is -1.47. The van der Waals surface area contributed by atoms with E-state index in [1.54, 1.807) is 12.1 Å². The van der Waals surface area contributed by atoms with Gasteiger partial charge in [-0.1, -0.05) is 0 Å². The van der Waals surface area contributed by atoms with E-state index in [-0.39, 0.29) is 0 Å². The average molecular weight is 415 g/mol. The smallest absolute Gasteiger partial charge is 0.173 e. The molecule has 0 bridgehead atoms. The minimum absolute atomic E-state index is 0.319. The Kier molecular flexibility index (Phi) is 5.56. The number of fused-ring (bicyclic) bond motifs is 1. The molecule has 1 aliphatic rings. The largest absolute Gasteiger partial charge is 0.381 e. The molecule has 4 rings (SSSR count). The van der Waals surface area contributed by atoms with Crippen LogP contribution in [0.3, 0.4) is 0 Å². The molecule has 1 saturated heterocycles. The minimum Gasteiger partial charge on any atom is -0.381 e. The van der Waals surface area contributed by atoms with Gasteiger partial charge in [0.05, 0.1) is 16.6 Å². The van der Waals surface area contributed by atoms with Crippen LogP contribution in [-0.2, 0) is 11.0 Å². The van der Waals surface area contributed by atoms with Crippen LogP contribution in [0.15, 0.2) is 53.6 Å². The van der Waals surface area contributed by atoms with E-state index < -0.39 is 11.0 Å². The van der Waals surface area contributed by atoms with E-state index in [0.717, 1.165) is 48.2 Å². The predicted molar refractivity (Wildman–Crippen MR) is 118 cm³/mol. The molecule has 3 aromatic rings. The SMILES string of the molecule is NS(=O)c1ccc(NC(=S)N2CCCC(Nc3ccc4[nH]ncc4c3)C2)cc1. The van der Waals surface area contributed by atoms with Gasteiger partial charge in [0, 0.05) is 35.9 Å². The maximum absolute atomic E-state index is 11.3. The maximum atomic E-state index is 11.3. The number of rotatable bonds is 4. The van der Waals surface area contributed by atoms with Crippen molar-refractivity contribution in [3.8, 4) is 0 Å². The van der Waals surface area contributed by atoms with E-state index >= 15 is 0 Å². The van der Waals surface area contributed by atoms with Gasteiger partial charge in [-0.15, -0.1) is 0 Å². The summed E-state index contributed by atoms with van der Waals surface area (Å²) in [6, 6.07) is 13.7. The molecule has 2 heterocycles. The van der Waals surface area contributed by atoms with Crippen LogP contribution in [0.1, 0.15) is 12.8 Å². The summed E-state index contributed by atoms with van der Waals surface area (Å²) in [5, 5.41) is 21.1. The monoisotopic (exact) mass is 414 g/mol. The molecule has 2 aromatic carbocycles. The first-order valence-electron chi connectivity index (χ1n) is 9.10. The molecule has 0 spiro atoms. The fourth-order valence-corrected chi connectivity index (χ4v) is 4.11. The summed E-state index contributed by atoms with van der Waals surface area (Å²) in [5.41, 5.74) is 2.98. The van der Waals surface area contributed by atoms with Crippen molar-refractivity contribution in [3.63, 3.8) is 0 Å². The van der Waals surface area contributed by atoms with Crippen molar-refractivity contribution in [3.05, 3.63) is 48.7 Å². The summed E-state index contributed by atoms with van der Waals surface area (Å²) >= 11 is 5.60. The number of nitrogens with one attached hydrogen (secondary N) is 3. The summed E-state index contributed by atoms with van der Waals surface area (Å²) in [6.07, 6.45) is 4.00. The lowest BCUT2D eigenvalue weighted by Gasteiger charge is -2.35. The molecule has 1 aliphatic heterocycles. The molecule has 0 radical (unpaired) electrons. The molecule has 9 heteroatoms. The van der Waals surface area contributed by atoms with E-state index in [1.165, 1.54) is 0 Å². The fraction of sp³-hybridized carbons (Fsp3) is 0.263. The minimum atomic E-state index is -1.47. The zero-order chi connectivity index (χ0) is 19.5. The topological polar surface area (TPSA) is 99.1 Å². The van der Waals surface area contributed by atoms with Crippen LogP contribution in [0.2, 0.25) is 0 Å². The highest BCUT2D eigenvalue weighted by molar-refractivity contribution is 7.82. The standard InChI is InChI=1S/C19H22N6OS2/c20-28(26)17-6-3-14(4-7-17)23-19(27)25-9-1-2-16(12-25)22-15-5-8-18-13(10-15)11-21-24-18/h3-8,10-11,16,22H,1-2,9,12,20H2,(H,21,24)(H,23,27). The van der Waals surface area contributed by atoms with Gasteiger partial charge in [-0.3, -0.25) is 5.10 Å². The second kappa shape index (κ2) is 8.26. The van der Waals surface area contributed by atoms with Gasteiger partial charge >= 0.3 is 0 Å². The first-order chi connectivity index (χ1) is 13.6. The number of hydrogen-bond donors (Lipinski definition) is 4. The molecule has 0 amide bonds. The number of thiocarbonyl (C=S) groups is 1. The molecular weight excluding hydrogens is 392 g/mol. The third-order valence-electron chi connectivity index (χ3n) is 4.86. The molecule has 0 aliphatic carbocycles. The van der Waals surface area contributed by atoms with Gasteiger partial charge in [0.15, 0.2) is 5.11 Å². The van der Waals surface area contributed by atoms with Crippen molar-refractivity contribution < 1.29 is 4.21 Å². The van der Waals surface area contributed by atoms with E-state index in [1.807, 2.05) is 24.4 Å². The quantitative estimate of drug-likeness (QED) is 0.490. The van der Waals surface area contributed by atoms with Gasteiger partial charge in [0.25, 0.3) is 0 Å². The average Bonchev–Trinajstić information content (AvgIpc) is 3.16. The van der Waals surface area contributed by atoms with Gasteiger partial charge in [0.1, 0.15) is 11.0 Å². The number of aromatic amines is 1. The number of H-pyrrole nitrogens is 1. The Hall–Kier alpha value is -2.49. The molecule has 146 valence electrons. The highest BCUT2D eigenvalue weighted by Gasteiger charge is 2.22.